The molecule has 1 aliphatic rings. The minimum Gasteiger partial charge on any atom is -0.316 e. The molecule has 3 heteroatoms. The zero-order valence-electron chi connectivity index (χ0n) is 11.5. The van der Waals surface area contributed by atoms with E-state index in [2.05, 4.69) is 37.4 Å². The normalized spacial score (nSPS) is 25.9. The minimum atomic E-state index is -0.884. The molecule has 0 aliphatic heterocycles. The van der Waals surface area contributed by atoms with E-state index in [9.17, 15) is 4.21 Å². The summed E-state index contributed by atoms with van der Waals surface area (Å²) >= 11 is 0. The number of benzene rings is 1. The van der Waals surface area contributed by atoms with Crippen LogP contribution in [0.25, 0.3) is 0 Å². The van der Waals surface area contributed by atoms with Crippen LogP contribution in [0.5, 0.6) is 0 Å². The van der Waals surface area contributed by atoms with Gasteiger partial charge in [-0.3, -0.25) is 4.21 Å². The zero-order valence-corrected chi connectivity index (χ0v) is 12.3. The molecule has 1 aromatic rings. The standard InChI is InChI=1S/C15H23NOS/c1-11-8-9-12(2)15(10-11)18(17)14-7-5-4-6-13(14)16-3/h8-10,13-14,16H,4-7H2,1-3H3. The maximum Gasteiger partial charge on any atom is 0.0579 e. The number of rotatable bonds is 3. The van der Waals surface area contributed by atoms with Gasteiger partial charge in [0, 0.05) is 10.9 Å². The highest BCUT2D eigenvalue weighted by Gasteiger charge is 2.30. The van der Waals surface area contributed by atoms with Crippen molar-refractivity contribution in [2.24, 2.45) is 0 Å². The zero-order chi connectivity index (χ0) is 13.1. The Kier molecular flexibility index (Phi) is 4.57. The highest BCUT2D eigenvalue weighted by molar-refractivity contribution is 7.85. The number of hydrogen-bond acceptors (Lipinski definition) is 2. The summed E-state index contributed by atoms with van der Waals surface area (Å²) in [5, 5.41) is 3.61. The molecule has 0 bridgehead atoms. The average Bonchev–Trinajstić information content (AvgIpc) is 2.40. The van der Waals surface area contributed by atoms with Crippen LogP contribution in [0.2, 0.25) is 0 Å². The molecule has 2 rings (SSSR count). The van der Waals surface area contributed by atoms with Crippen molar-refractivity contribution in [1.82, 2.24) is 5.32 Å². The fraction of sp³-hybridized carbons (Fsp3) is 0.600. The Labute approximate surface area is 113 Å². The van der Waals surface area contributed by atoms with Gasteiger partial charge in [0.2, 0.25) is 0 Å². The first-order valence-corrected chi connectivity index (χ1v) is 8.00. The van der Waals surface area contributed by atoms with Crippen molar-refractivity contribution in [3.8, 4) is 0 Å². The summed E-state index contributed by atoms with van der Waals surface area (Å²) in [5.74, 6) is 0. The van der Waals surface area contributed by atoms with Gasteiger partial charge in [0.05, 0.1) is 16.0 Å². The van der Waals surface area contributed by atoms with Gasteiger partial charge in [-0.05, 0) is 50.9 Å². The van der Waals surface area contributed by atoms with Crippen LogP contribution < -0.4 is 5.32 Å². The lowest BCUT2D eigenvalue weighted by Crippen LogP contribution is -2.42. The van der Waals surface area contributed by atoms with Gasteiger partial charge in [-0.15, -0.1) is 0 Å². The van der Waals surface area contributed by atoms with E-state index < -0.39 is 10.8 Å². The third-order valence-electron chi connectivity index (χ3n) is 3.91. The van der Waals surface area contributed by atoms with Gasteiger partial charge in [-0.1, -0.05) is 25.0 Å². The van der Waals surface area contributed by atoms with Crippen LogP contribution in [-0.4, -0.2) is 22.5 Å². The molecule has 0 amide bonds. The van der Waals surface area contributed by atoms with E-state index in [-0.39, 0.29) is 5.25 Å². The predicted molar refractivity (Wildman–Crippen MR) is 77.4 cm³/mol. The van der Waals surface area contributed by atoms with E-state index in [0.717, 1.165) is 23.3 Å². The maximum absolute atomic E-state index is 12.8. The largest absolute Gasteiger partial charge is 0.316 e. The molecule has 3 atom stereocenters. The molecule has 1 aliphatic carbocycles. The smallest absolute Gasteiger partial charge is 0.0579 e. The monoisotopic (exact) mass is 265 g/mol. The maximum atomic E-state index is 12.8. The Bertz CT molecular complexity index is 444. The second-order valence-corrected chi connectivity index (χ2v) is 6.92. The summed E-state index contributed by atoms with van der Waals surface area (Å²) in [6.45, 7) is 4.13. The fourth-order valence-corrected chi connectivity index (χ4v) is 4.74. The molecule has 2 nitrogen and oxygen atoms in total. The molecule has 0 aromatic heterocycles. The van der Waals surface area contributed by atoms with E-state index in [1.165, 1.54) is 18.4 Å². The second-order valence-electron chi connectivity index (χ2n) is 5.28. The van der Waals surface area contributed by atoms with E-state index in [0.29, 0.717) is 6.04 Å². The summed E-state index contributed by atoms with van der Waals surface area (Å²) < 4.78 is 12.8. The van der Waals surface area contributed by atoms with E-state index in [1.54, 1.807) is 0 Å². The highest BCUT2D eigenvalue weighted by Crippen LogP contribution is 2.28. The Morgan fingerprint density at radius 1 is 1.22 bits per heavy atom. The Morgan fingerprint density at radius 2 is 1.94 bits per heavy atom. The third kappa shape index (κ3) is 2.83. The van der Waals surface area contributed by atoms with Gasteiger partial charge < -0.3 is 5.32 Å². The number of nitrogens with one attached hydrogen (secondary N) is 1. The number of hydrogen-bond donors (Lipinski definition) is 1. The topological polar surface area (TPSA) is 29.1 Å². The van der Waals surface area contributed by atoms with Crippen LogP contribution >= 0.6 is 0 Å². The molecule has 0 spiro atoms. The van der Waals surface area contributed by atoms with Crippen molar-refractivity contribution < 1.29 is 4.21 Å². The molecular weight excluding hydrogens is 242 g/mol. The molecule has 0 radical (unpaired) electrons. The van der Waals surface area contributed by atoms with Gasteiger partial charge in [0.15, 0.2) is 0 Å². The van der Waals surface area contributed by atoms with E-state index in [4.69, 9.17) is 0 Å². The summed E-state index contributed by atoms with van der Waals surface area (Å²) in [6, 6.07) is 6.67. The molecule has 3 unspecified atom stereocenters. The molecule has 1 aromatic carbocycles. The first-order chi connectivity index (χ1) is 8.63. The van der Waals surface area contributed by atoms with Crippen LogP contribution in [0.4, 0.5) is 0 Å². The Morgan fingerprint density at radius 3 is 2.67 bits per heavy atom. The molecule has 1 N–H and O–H groups in total. The highest BCUT2D eigenvalue weighted by atomic mass is 32.2. The predicted octanol–water partition coefficient (Wildman–Crippen LogP) is 2.94. The van der Waals surface area contributed by atoms with E-state index >= 15 is 0 Å². The quantitative estimate of drug-likeness (QED) is 0.910. The first-order valence-electron chi connectivity index (χ1n) is 6.78. The summed E-state index contributed by atoms with van der Waals surface area (Å²) in [7, 11) is 1.11. The summed E-state index contributed by atoms with van der Waals surface area (Å²) in [6.07, 6.45) is 4.69. The average molecular weight is 265 g/mol. The molecule has 1 saturated carbocycles. The van der Waals surface area contributed by atoms with Crippen LogP contribution in [0.3, 0.4) is 0 Å². The van der Waals surface area contributed by atoms with Crippen molar-refractivity contribution in [3.63, 3.8) is 0 Å². The third-order valence-corrected chi connectivity index (χ3v) is 5.90. The molecule has 1 fully saturated rings. The lowest BCUT2D eigenvalue weighted by atomic mass is 9.95. The lowest BCUT2D eigenvalue weighted by Gasteiger charge is -2.31. The van der Waals surface area contributed by atoms with Crippen molar-refractivity contribution in [2.45, 2.75) is 55.7 Å². The van der Waals surface area contributed by atoms with Crippen LogP contribution in [-0.2, 0) is 10.8 Å². The lowest BCUT2D eigenvalue weighted by molar-refractivity contribution is 0.399. The second kappa shape index (κ2) is 5.98. The molecule has 100 valence electrons. The van der Waals surface area contributed by atoms with Gasteiger partial charge in [0.25, 0.3) is 0 Å². The van der Waals surface area contributed by atoms with Gasteiger partial charge in [-0.2, -0.15) is 0 Å². The molecular formula is C15H23NOS. The molecule has 0 saturated heterocycles. The van der Waals surface area contributed by atoms with Gasteiger partial charge in [-0.25, -0.2) is 0 Å². The Balaban J connectivity index is 2.26. The van der Waals surface area contributed by atoms with Crippen molar-refractivity contribution in [3.05, 3.63) is 29.3 Å². The summed E-state index contributed by atoms with van der Waals surface area (Å²) in [5.41, 5.74) is 2.35. The van der Waals surface area contributed by atoms with Crippen molar-refractivity contribution in [1.29, 1.82) is 0 Å². The van der Waals surface area contributed by atoms with Crippen molar-refractivity contribution >= 4 is 10.8 Å². The van der Waals surface area contributed by atoms with Crippen molar-refractivity contribution in [2.75, 3.05) is 7.05 Å². The number of aryl methyl sites for hydroxylation is 2. The van der Waals surface area contributed by atoms with Crippen LogP contribution in [0.1, 0.15) is 36.8 Å². The van der Waals surface area contributed by atoms with Crippen LogP contribution in [0, 0.1) is 13.8 Å². The van der Waals surface area contributed by atoms with Crippen LogP contribution in [0.15, 0.2) is 23.1 Å². The van der Waals surface area contributed by atoms with Gasteiger partial charge in [0.1, 0.15) is 0 Å². The molecule has 0 heterocycles. The summed E-state index contributed by atoms with van der Waals surface area (Å²) in [4.78, 5) is 1.03. The fourth-order valence-electron chi connectivity index (χ4n) is 2.77. The van der Waals surface area contributed by atoms with Gasteiger partial charge >= 0.3 is 0 Å². The van der Waals surface area contributed by atoms with E-state index in [1.807, 2.05) is 7.05 Å². The Hall–Kier alpha value is -0.670. The molecule has 18 heavy (non-hydrogen) atoms. The first kappa shape index (κ1) is 13.8. The minimum absolute atomic E-state index is 0.268. The SMILES string of the molecule is CNC1CCCCC1S(=O)c1cc(C)ccc1C.